The number of rotatable bonds is 1. The van der Waals surface area contributed by atoms with Crippen molar-refractivity contribution in [2.75, 3.05) is 14.1 Å². The van der Waals surface area contributed by atoms with Crippen molar-refractivity contribution < 1.29 is 4.79 Å². The second-order valence-corrected chi connectivity index (χ2v) is 5.60. The molecule has 0 saturated carbocycles. The topological polar surface area (TPSA) is 32.3 Å². The molecule has 0 radical (unpaired) electrons. The molecular formula is C14H20N2O. The minimum Gasteiger partial charge on any atom is -0.345 e. The predicted molar refractivity (Wildman–Crippen MR) is 69.1 cm³/mol. The smallest absolute Gasteiger partial charge is 0.253 e. The molecule has 0 spiro atoms. The van der Waals surface area contributed by atoms with E-state index in [1.807, 2.05) is 12.1 Å². The van der Waals surface area contributed by atoms with Gasteiger partial charge >= 0.3 is 0 Å². The molecule has 0 aromatic heterocycles. The fourth-order valence-electron chi connectivity index (χ4n) is 2.23. The van der Waals surface area contributed by atoms with Crippen molar-refractivity contribution in [3.63, 3.8) is 0 Å². The van der Waals surface area contributed by atoms with E-state index in [4.69, 9.17) is 0 Å². The van der Waals surface area contributed by atoms with E-state index in [1.165, 1.54) is 11.1 Å². The fourth-order valence-corrected chi connectivity index (χ4v) is 2.23. The van der Waals surface area contributed by atoms with Crippen molar-refractivity contribution >= 4 is 5.91 Å². The van der Waals surface area contributed by atoms with Crippen LogP contribution < -0.4 is 5.32 Å². The van der Waals surface area contributed by atoms with Gasteiger partial charge in [-0.15, -0.1) is 0 Å². The van der Waals surface area contributed by atoms with Gasteiger partial charge in [-0.3, -0.25) is 4.79 Å². The molecule has 1 aliphatic heterocycles. The number of nitrogens with zero attached hydrogens (tertiary/aromatic N) is 1. The van der Waals surface area contributed by atoms with Gasteiger partial charge in [-0.25, -0.2) is 0 Å². The summed E-state index contributed by atoms with van der Waals surface area (Å²) in [7, 11) is 3.57. The summed E-state index contributed by atoms with van der Waals surface area (Å²) in [6.07, 6.45) is 0.969. The van der Waals surface area contributed by atoms with Crippen LogP contribution in [-0.4, -0.2) is 30.4 Å². The molecular weight excluding hydrogens is 212 g/mol. The van der Waals surface area contributed by atoms with Crippen LogP contribution in [0.2, 0.25) is 0 Å². The van der Waals surface area contributed by atoms with E-state index in [1.54, 1.807) is 19.0 Å². The molecule has 92 valence electrons. The third-order valence-electron chi connectivity index (χ3n) is 3.25. The molecule has 1 N–H and O–H groups in total. The fraction of sp³-hybridized carbons (Fsp3) is 0.500. The average molecular weight is 232 g/mol. The van der Waals surface area contributed by atoms with Crippen LogP contribution in [0.1, 0.15) is 35.3 Å². The highest BCUT2D eigenvalue weighted by molar-refractivity contribution is 5.94. The Hall–Kier alpha value is -1.35. The molecule has 3 nitrogen and oxygen atoms in total. The maximum Gasteiger partial charge on any atom is 0.253 e. The number of benzene rings is 1. The molecule has 0 saturated heterocycles. The lowest BCUT2D eigenvalue weighted by molar-refractivity contribution is 0.0827. The number of amides is 1. The molecule has 2 rings (SSSR count). The molecule has 1 heterocycles. The zero-order valence-electron chi connectivity index (χ0n) is 11.0. The van der Waals surface area contributed by atoms with Gasteiger partial charge in [-0.05, 0) is 43.5 Å². The van der Waals surface area contributed by atoms with E-state index in [0.717, 1.165) is 18.5 Å². The molecule has 1 aromatic carbocycles. The second-order valence-electron chi connectivity index (χ2n) is 5.60. The van der Waals surface area contributed by atoms with Gasteiger partial charge in [0, 0.05) is 31.7 Å². The van der Waals surface area contributed by atoms with Crippen LogP contribution >= 0.6 is 0 Å². The van der Waals surface area contributed by atoms with Gasteiger partial charge in [-0.2, -0.15) is 0 Å². The molecule has 1 amide bonds. The van der Waals surface area contributed by atoms with Crippen molar-refractivity contribution in [3.05, 3.63) is 34.9 Å². The highest BCUT2D eigenvalue weighted by atomic mass is 16.2. The Morgan fingerprint density at radius 3 is 2.65 bits per heavy atom. The minimum absolute atomic E-state index is 0.0733. The highest BCUT2D eigenvalue weighted by Gasteiger charge is 2.25. The van der Waals surface area contributed by atoms with Gasteiger partial charge in [0.25, 0.3) is 5.91 Å². The number of hydrogen-bond acceptors (Lipinski definition) is 2. The monoisotopic (exact) mass is 232 g/mol. The van der Waals surface area contributed by atoms with E-state index in [-0.39, 0.29) is 11.4 Å². The lowest BCUT2D eigenvalue weighted by Crippen LogP contribution is -2.44. The standard InChI is InChI=1S/C14H20N2O/c1-14(2)8-12-7-10(13(17)16(3)4)5-6-11(12)9-15-14/h5-7,15H,8-9H2,1-4H3. The third kappa shape index (κ3) is 2.50. The van der Waals surface area contributed by atoms with Gasteiger partial charge in [0.1, 0.15) is 0 Å². The number of carbonyl (C=O) groups is 1. The van der Waals surface area contributed by atoms with E-state index < -0.39 is 0 Å². The van der Waals surface area contributed by atoms with Crippen LogP contribution in [0.4, 0.5) is 0 Å². The molecule has 1 aliphatic rings. The Bertz CT molecular complexity index is 450. The molecule has 0 bridgehead atoms. The molecule has 0 unspecified atom stereocenters. The minimum atomic E-state index is 0.0733. The summed E-state index contributed by atoms with van der Waals surface area (Å²) in [5.41, 5.74) is 3.50. The first-order valence-corrected chi connectivity index (χ1v) is 5.97. The van der Waals surface area contributed by atoms with Crippen LogP contribution in [0.5, 0.6) is 0 Å². The summed E-state index contributed by atoms with van der Waals surface area (Å²) >= 11 is 0. The first-order valence-electron chi connectivity index (χ1n) is 5.97. The largest absolute Gasteiger partial charge is 0.345 e. The maximum absolute atomic E-state index is 11.9. The lowest BCUT2D eigenvalue weighted by Gasteiger charge is -2.33. The Labute approximate surface area is 103 Å². The summed E-state index contributed by atoms with van der Waals surface area (Å²) in [6.45, 7) is 5.27. The summed E-state index contributed by atoms with van der Waals surface area (Å²) in [4.78, 5) is 13.5. The molecule has 0 atom stereocenters. The van der Waals surface area contributed by atoms with E-state index >= 15 is 0 Å². The van der Waals surface area contributed by atoms with E-state index in [0.29, 0.717) is 0 Å². The Balaban J connectivity index is 2.34. The normalized spacial score (nSPS) is 17.4. The van der Waals surface area contributed by atoms with Crippen LogP contribution in [-0.2, 0) is 13.0 Å². The lowest BCUT2D eigenvalue weighted by atomic mass is 9.87. The van der Waals surface area contributed by atoms with Crippen molar-refractivity contribution in [3.8, 4) is 0 Å². The van der Waals surface area contributed by atoms with Crippen molar-refractivity contribution in [1.29, 1.82) is 0 Å². The Morgan fingerprint density at radius 1 is 1.29 bits per heavy atom. The molecule has 0 fully saturated rings. The summed E-state index contributed by atoms with van der Waals surface area (Å²) in [6, 6.07) is 6.02. The number of fused-ring (bicyclic) bond motifs is 1. The zero-order valence-corrected chi connectivity index (χ0v) is 11.0. The van der Waals surface area contributed by atoms with Gasteiger partial charge in [-0.1, -0.05) is 6.07 Å². The predicted octanol–water partition coefficient (Wildman–Crippen LogP) is 1.81. The maximum atomic E-state index is 11.9. The Kier molecular flexibility index (Phi) is 2.96. The van der Waals surface area contributed by atoms with Gasteiger partial charge in [0.15, 0.2) is 0 Å². The number of carbonyl (C=O) groups excluding carboxylic acids is 1. The third-order valence-corrected chi connectivity index (χ3v) is 3.25. The SMILES string of the molecule is CN(C)C(=O)c1ccc2c(c1)CC(C)(C)NC2. The van der Waals surface area contributed by atoms with Crippen molar-refractivity contribution in [1.82, 2.24) is 10.2 Å². The average Bonchev–Trinajstić information content (AvgIpc) is 2.25. The van der Waals surface area contributed by atoms with Crippen molar-refractivity contribution in [2.45, 2.75) is 32.4 Å². The van der Waals surface area contributed by atoms with Crippen molar-refractivity contribution in [2.24, 2.45) is 0 Å². The number of nitrogens with one attached hydrogen (secondary N) is 1. The van der Waals surface area contributed by atoms with Gasteiger partial charge in [0.05, 0.1) is 0 Å². The zero-order chi connectivity index (χ0) is 12.6. The molecule has 1 aromatic rings. The van der Waals surface area contributed by atoms with E-state index in [2.05, 4.69) is 25.2 Å². The van der Waals surface area contributed by atoms with Gasteiger partial charge in [0.2, 0.25) is 0 Å². The summed E-state index contributed by atoms with van der Waals surface area (Å²) in [5.74, 6) is 0.0733. The second kappa shape index (κ2) is 4.15. The first-order chi connectivity index (χ1) is 7.89. The quantitative estimate of drug-likeness (QED) is 0.801. The highest BCUT2D eigenvalue weighted by Crippen LogP contribution is 2.24. The summed E-state index contributed by atoms with van der Waals surface area (Å²) in [5, 5.41) is 3.49. The first kappa shape index (κ1) is 12.1. The van der Waals surface area contributed by atoms with Crippen LogP contribution in [0.3, 0.4) is 0 Å². The molecule has 0 aliphatic carbocycles. The van der Waals surface area contributed by atoms with Gasteiger partial charge < -0.3 is 10.2 Å². The van der Waals surface area contributed by atoms with Crippen LogP contribution in [0.15, 0.2) is 18.2 Å². The number of hydrogen-bond donors (Lipinski definition) is 1. The molecule has 3 heteroatoms. The summed E-state index contributed by atoms with van der Waals surface area (Å²) < 4.78 is 0. The van der Waals surface area contributed by atoms with Crippen LogP contribution in [0.25, 0.3) is 0 Å². The van der Waals surface area contributed by atoms with Crippen LogP contribution in [0, 0.1) is 0 Å². The Morgan fingerprint density at radius 2 is 2.00 bits per heavy atom. The van der Waals surface area contributed by atoms with E-state index in [9.17, 15) is 4.79 Å². The molecule has 17 heavy (non-hydrogen) atoms.